The molecule has 1 saturated heterocycles. The Kier molecular flexibility index (Phi) is 6.58. The van der Waals surface area contributed by atoms with Crippen molar-refractivity contribution in [2.75, 3.05) is 11.9 Å². The fourth-order valence-electron chi connectivity index (χ4n) is 3.76. The fourth-order valence-corrected chi connectivity index (χ4v) is 3.76. The summed E-state index contributed by atoms with van der Waals surface area (Å²) in [4.78, 5) is 43.9. The van der Waals surface area contributed by atoms with Crippen molar-refractivity contribution >= 4 is 29.1 Å². The van der Waals surface area contributed by atoms with Gasteiger partial charge in [0.25, 0.3) is 5.91 Å². The van der Waals surface area contributed by atoms with Crippen molar-refractivity contribution in [3.63, 3.8) is 0 Å². The molecule has 0 bridgehead atoms. The average molecular weight is 425 g/mol. The molecule has 1 spiro atoms. The quantitative estimate of drug-likeness (QED) is 0.683. The van der Waals surface area contributed by atoms with Gasteiger partial charge in [-0.3, -0.25) is 14.4 Å². The molecule has 1 fully saturated rings. The molecule has 3 N–H and O–H groups in total. The van der Waals surface area contributed by atoms with Gasteiger partial charge in [-0.25, -0.2) is 0 Å². The molecular weight excluding hydrogens is 396 g/mol. The number of likely N-dealkylation sites (tertiary alicyclic amines) is 1. The molecule has 1 aromatic carbocycles. The molecule has 2 atom stereocenters. The number of hydrogen-bond donors (Lipinski definition) is 2. The minimum Gasteiger partial charge on any atom is -0.387 e. The van der Waals surface area contributed by atoms with E-state index in [0.29, 0.717) is 23.4 Å². The third kappa shape index (κ3) is 4.84. The van der Waals surface area contributed by atoms with Crippen molar-refractivity contribution < 1.29 is 19.2 Å². The van der Waals surface area contributed by atoms with E-state index in [4.69, 9.17) is 10.6 Å². The Morgan fingerprint density at radius 3 is 2.84 bits per heavy atom. The lowest BCUT2D eigenvalue weighted by atomic mass is 9.91. The number of oxime groups is 1. The maximum absolute atomic E-state index is 12.5. The highest BCUT2D eigenvalue weighted by Crippen LogP contribution is 2.39. The predicted octanol–water partition coefficient (Wildman–Crippen LogP) is 2.51. The molecule has 164 valence electrons. The zero-order valence-electron chi connectivity index (χ0n) is 18.1. The van der Waals surface area contributed by atoms with Crippen LogP contribution in [0.1, 0.15) is 45.6 Å². The van der Waals surface area contributed by atoms with E-state index in [2.05, 4.69) is 10.5 Å². The number of benzene rings is 1. The number of nitrogens with two attached hydrogens (primary N) is 1. The summed E-state index contributed by atoms with van der Waals surface area (Å²) in [5.74, 6) is -0.991. The number of hydrogen-bond acceptors (Lipinski definition) is 5. The van der Waals surface area contributed by atoms with Gasteiger partial charge in [0, 0.05) is 29.7 Å². The predicted molar refractivity (Wildman–Crippen MR) is 118 cm³/mol. The van der Waals surface area contributed by atoms with Crippen LogP contribution in [0.15, 0.2) is 53.2 Å². The van der Waals surface area contributed by atoms with E-state index in [-0.39, 0.29) is 24.8 Å². The Bertz CT molecular complexity index is 982. The Labute approximate surface area is 181 Å². The van der Waals surface area contributed by atoms with Gasteiger partial charge in [0.15, 0.2) is 5.60 Å². The second-order valence-electron chi connectivity index (χ2n) is 7.89. The highest BCUT2D eigenvalue weighted by molar-refractivity contribution is 6.06. The second kappa shape index (κ2) is 9.16. The largest absolute Gasteiger partial charge is 0.387 e. The minimum atomic E-state index is -0.786. The molecule has 0 aromatic heterocycles. The number of nitrogens with one attached hydrogen (secondary N) is 1. The van der Waals surface area contributed by atoms with Gasteiger partial charge in [0.2, 0.25) is 11.8 Å². The maximum Gasteiger partial charge on any atom is 0.250 e. The molecular formula is C23H28N4O4. The first-order chi connectivity index (χ1) is 14.8. The molecule has 1 aromatic rings. The zero-order valence-corrected chi connectivity index (χ0v) is 18.1. The van der Waals surface area contributed by atoms with E-state index in [1.165, 1.54) is 11.0 Å². The van der Waals surface area contributed by atoms with E-state index < -0.39 is 17.6 Å². The van der Waals surface area contributed by atoms with Gasteiger partial charge in [-0.2, -0.15) is 0 Å². The van der Waals surface area contributed by atoms with Crippen LogP contribution in [0, 0.1) is 0 Å². The molecule has 0 aliphatic carbocycles. The van der Waals surface area contributed by atoms with Crippen LogP contribution in [0.25, 0.3) is 0 Å². The van der Waals surface area contributed by atoms with E-state index in [1.807, 2.05) is 32.0 Å². The highest BCUT2D eigenvalue weighted by Gasteiger charge is 2.52. The van der Waals surface area contributed by atoms with Crippen LogP contribution in [0.3, 0.4) is 0 Å². The number of carbonyl (C=O) groups is 3. The number of carbonyl (C=O) groups excluding carboxylic acids is 3. The van der Waals surface area contributed by atoms with Gasteiger partial charge in [-0.1, -0.05) is 36.4 Å². The minimum absolute atomic E-state index is 0.171. The lowest BCUT2D eigenvalue weighted by molar-refractivity contribution is -0.133. The molecule has 0 radical (unpaired) electrons. The smallest absolute Gasteiger partial charge is 0.250 e. The number of nitrogens with zero attached hydrogens (tertiary/aromatic N) is 2. The highest BCUT2D eigenvalue weighted by atomic mass is 16.7. The van der Waals surface area contributed by atoms with Crippen molar-refractivity contribution in [2.45, 2.75) is 51.7 Å². The Hall–Kier alpha value is -3.42. The average Bonchev–Trinajstić information content (AvgIpc) is 3.36. The summed E-state index contributed by atoms with van der Waals surface area (Å²) in [5.41, 5.74) is 7.54. The monoisotopic (exact) mass is 424 g/mol. The molecule has 3 rings (SSSR count). The van der Waals surface area contributed by atoms with Crippen LogP contribution in [0.4, 0.5) is 5.69 Å². The van der Waals surface area contributed by atoms with Crippen LogP contribution in [0.5, 0.6) is 0 Å². The number of amides is 3. The molecule has 1 unspecified atom stereocenters. The van der Waals surface area contributed by atoms with Gasteiger partial charge in [0.05, 0.1) is 12.3 Å². The summed E-state index contributed by atoms with van der Waals surface area (Å²) in [6.07, 6.45) is 6.40. The molecule has 2 aliphatic rings. The van der Waals surface area contributed by atoms with Gasteiger partial charge < -0.3 is 20.8 Å². The molecule has 2 aliphatic heterocycles. The summed E-state index contributed by atoms with van der Waals surface area (Å²) in [6, 6.07) is 6.60. The Morgan fingerprint density at radius 1 is 1.39 bits per heavy atom. The normalized spacial score (nSPS) is 23.2. The van der Waals surface area contributed by atoms with Crippen molar-refractivity contribution in [3.8, 4) is 0 Å². The first kappa shape index (κ1) is 22.3. The van der Waals surface area contributed by atoms with Crippen molar-refractivity contribution in [1.29, 1.82) is 0 Å². The van der Waals surface area contributed by atoms with Gasteiger partial charge in [-0.05, 0) is 38.5 Å². The second-order valence-corrected chi connectivity index (χ2v) is 7.89. The molecule has 0 saturated carbocycles. The Balaban J connectivity index is 1.75. The summed E-state index contributed by atoms with van der Waals surface area (Å²) >= 11 is 0. The number of allylic oxidation sites excluding steroid dienone is 2. The van der Waals surface area contributed by atoms with Gasteiger partial charge in [0.1, 0.15) is 6.04 Å². The van der Waals surface area contributed by atoms with E-state index in [1.54, 1.807) is 25.1 Å². The maximum atomic E-state index is 12.5. The van der Waals surface area contributed by atoms with Crippen LogP contribution in [0.2, 0.25) is 0 Å². The lowest BCUT2D eigenvalue weighted by Crippen LogP contribution is -2.43. The summed E-state index contributed by atoms with van der Waals surface area (Å²) < 4.78 is 0. The standard InChI is InChI=1S/C23H28N4O4/c1-4-6-10-20(28)27-14-23(13-19(27)21(24)29)12-18(26-31-23)16-8-7-9-17(11-16)25-22(30)15(3)5-2/h5-11,19H,4,12-14H2,1-3H3,(H2,24,29)(H,25,30)/b10-6+,15-5-/t19-,23?/m0/s1. The van der Waals surface area contributed by atoms with Crippen LogP contribution < -0.4 is 11.1 Å². The van der Waals surface area contributed by atoms with Crippen LogP contribution >= 0.6 is 0 Å². The van der Waals surface area contributed by atoms with Crippen LogP contribution in [-0.2, 0) is 19.2 Å². The van der Waals surface area contributed by atoms with E-state index in [9.17, 15) is 14.4 Å². The third-order valence-electron chi connectivity index (χ3n) is 5.59. The molecule has 31 heavy (non-hydrogen) atoms. The lowest BCUT2D eigenvalue weighted by Gasteiger charge is -2.21. The van der Waals surface area contributed by atoms with Crippen molar-refractivity contribution in [1.82, 2.24) is 4.90 Å². The summed E-state index contributed by atoms with van der Waals surface area (Å²) in [5, 5.41) is 7.10. The van der Waals surface area contributed by atoms with Crippen molar-refractivity contribution in [3.05, 3.63) is 53.6 Å². The van der Waals surface area contributed by atoms with Gasteiger partial charge >= 0.3 is 0 Å². The van der Waals surface area contributed by atoms with E-state index in [0.717, 1.165) is 12.0 Å². The SMILES string of the molecule is C/C=C(/C)C(=O)Nc1cccc(C2=NOC3(C2)C[C@@H](C(N)=O)N(C(=O)/C=C/CC)C3)c1. The molecule has 8 heteroatoms. The fraction of sp³-hybridized carbons (Fsp3) is 0.391. The molecule has 3 amide bonds. The summed E-state index contributed by atoms with van der Waals surface area (Å²) in [6.45, 7) is 5.72. The van der Waals surface area contributed by atoms with Crippen molar-refractivity contribution in [2.24, 2.45) is 10.9 Å². The van der Waals surface area contributed by atoms with Crippen LogP contribution in [-0.4, -0.2) is 46.5 Å². The van der Waals surface area contributed by atoms with Gasteiger partial charge in [-0.15, -0.1) is 0 Å². The number of anilines is 1. The first-order valence-electron chi connectivity index (χ1n) is 10.3. The zero-order chi connectivity index (χ0) is 22.6. The third-order valence-corrected chi connectivity index (χ3v) is 5.59. The first-order valence-corrected chi connectivity index (χ1v) is 10.3. The number of rotatable bonds is 6. The summed E-state index contributed by atoms with van der Waals surface area (Å²) in [7, 11) is 0. The Morgan fingerprint density at radius 2 is 2.16 bits per heavy atom. The molecule has 8 nitrogen and oxygen atoms in total. The number of primary amides is 1. The van der Waals surface area contributed by atoms with E-state index >= 15 is 0 Å². The molecule has 2 heterocycles. The topological polar surface area (TPSA) is 114 Å².